The summed E-state index contributed by atoms with van der Waals surface area (Å²) in [5.74, 6) is 0.509. The van der Waals surface area contributed by atoms with Crippen LogP contribution in [0, 0.1) is 11.8 Å². The standard InChI is InChI=1S/C27H32ClF3N4O4/c1-32-25(37)21-5-6-22(33-24(21)28)34-11-7-17(8-12-34)15-18-9-13-35(14-10-18)26(38)23(36)19-3-2-4-20(16-19)39-27(29,30)31/h2-6,16-18,23,36H,7-15H2,1H3,(H,32,37). The maximum atomic E-state index is 12.8. The van der Waals surface area contributed by atoms with E-state index in [9.17, 15) is 27.9 Å². The second-order valence-electron chi connectivity index (χ2n) is 10.0. The monoisotopic (exact) mass is 568 g/mol. The Labute approximate surface area is 230 Å². The number of alkyl halides is 3. The predicted molar refractivity (Wildman–Crippen MR) is 140 cm³/mol. The van der Waals surface area contributed by atoms with Gasteiger partial charge < -0.3 is 25.0 Å². The van der Waals surface area contributed by atoms with E-state index in [1.807, 2.05) is 6.07 Å². The van der Waals surface area contributed by atoms with E-state index in [-0.39, 0.29) is 16.6 Å². The van der Waals surface area contributed by atoms with Crippen molar-refractivity contribution in [3.8, 4) is 5.75 Å². The number of nitrogens with zero attached hydrogens (tertiary/aromatic N) is 3. The molecule has 2 aliphatic heterocycles. The van der Waals surface area contributed by atoms with Gasteiger partial charge in [-0.3, -0.25) is 9.59 Å². The van der Waals surface area contributed by atoms with Crippen LogP contribution in [0.4, 0.5) is 19.0 Å². The number of carbonyl (C=O) groups is 2. The van der Waals surface area contributed by atoms with Gasteiger partial charge in [0.25, 0.3) is 11.8 Å². The van der Waals surface area contributed by atoms with Crippen molar-refractivity contribution in [2.45, 2.75) is 44.6 Å². The molecular weight excluding hydrogens is 537 g/mol. The van der Waals surface area contributed by atoms with E-state index in [0.717, 1.165) is 63.1 Å². The van der Waals surface area contributed by atoms with Crippen LogP contribution >= 0.6 is 11.6 Å². The maximum Gasteiger partial charge on any atom is 0.573 e. The van der Waals surface area contributed by atoms with Crippen molar-refractivity contribution in [1.29, 1.82) is 0 Å². The first kappa shape index (κ1) is 28.9. The molecule has 2 saturated heterocycles. The SMILES string of the molecule is CNC(=O)c1ccc(N2CCC(CC3CCN(C(=O)C(O)c4cccc(OC(F)(F)F)c4)CC3)CC2)nc1Cl. The zero-order valence-electron chi connectivity index (χ0n) is 21.6. The number of amides is 2. The number of hydrogen-bond acceptors (Lipinski definition) is 6. The van der Waals surface area contributed by atoms with Crippen molar-refractivity contribution < 1.29 is 32.6 Å². The van der Waals surface area contributed by atoms with Crippen LogP contribution in [0.1, 0.15) is 54.1 Å². The molecule has 0 radical (unpaired) electrons. The summed E-state index contributed by atoms with van der Waals surface area (Å²) in [5.41, 5.74) is 0.411. The molecule has 1 aromatic heterocycles. The Hall–Kier alpha value is -3.05. The summed E-state index contributed by atoms with van der Waals surface area (Å²) >= 11 is 6.21. The Balaban J connectivity index is 1.23. The number of aliphatic hydroxyl groups excluding tert-OH is 1. The van der Waals surface area contributed by atoms with E-state index in [1.165, 1.54) is 12.1 Å². The molecule has 2 amide bonds. The van der Waals surface area contributed by atoms with Gasteiger partial charge in [0.2, 0.25) is 0 Å². The van der Waals surface area contributed by atoms with Crippen LogP contribution in [0.3, 0.4) is 0 Å². The zero-order chi connectivity index (χ0) is 28.2. The van der Waals surface area contributed by atoms with Gasteiger partial charge in [0, 0.05) is 33.2 Å². The number of rotatable bonds is 7. The van der Waals surface area contributed by atoms with Crippen LogP contribution in [0.2, 0.25) is 5.15 Å². The predicted octanol–water partition coefficient (Wildman–Crippen LogP) is 4.57. The fraction of sp³-hybridized carbons (Fsp3) is 0.519. The number of benzene rings is 1. The number of likely N-dealkylation sites (tertiary alicyclic amines) is 1. The molecule has 4 rings (SSSR count). The Bertz CT molecular complexity index is 1170. The summed E-state index contributed by atoms with van der Waals surface area (Å²) in [5, 5.41) is 13.2. The van der Waals surface area contributed by atoms with Crippen LogP contribution in [0.25, 0.3) is 0 Å². The minimum atomic E-state index is -4.85. The summed E-state index contributed by atoms with van der Waals surface area (Å²) < 4.78 is 41.4. The van der Waals surface area contributed by atoms with E-state index in [0.29, 0.717) is 30.5 Å². The van der Waals surface area contributed by atoms with E-state index in [1.54, 1.807) is 18.0 Å². The lowest BCUT2D eigenvalue weighted by Gasteiger charge is -2.37. The van der Waals surface area contributed by atoms with Crippen LogP contribution in [0.15, 0.2) is 36.4 Å². The molecular formula is C27H32ClF3N4O4. The number of carbonyl (C=O) groups excluding carboxylic acids is 2. The number of aliphatic hydroxyl groups is 1. The molecule has 2 aliphatic rings. The molecule has 8 nitrogen and oxygen atoms in total. The molecule has 0 saturated carbocycles. The molecule has 1 atom stereocenters. The number of ether oxygens (including phenoxy) is 1. The van der Waals surface area contributed by atoms with Gasteiger partial charge in [-0.15, -0.1) is 13.2 Å². The van der Waals surface area contributed by atoms with E-state index in [4.69, 9.17) is 11.6 Å². The van der Waals surface area contributed by atoms with Crippen LogP contribution in [-0.4, -0.2) is 66.4 Å². The molecule has 1 aromatic carbocycles. The molecule has 0 aliphatic carbocycles. The fourth-order valence-electron chi connectivity index (χ4n) is 5.36. The first-order chi connectivity index (χ1) is 18.5. The Kier molecular flexibility index (Phi) is 9.22. The highest BCUT2D eigenvalue weighted by Gasteiger charge is 2.33. The third-order valence-corrected chi connectivity index (χ3v) is 7.77. The molecule has 2 N–H and O–H groups in total. The minimum Gasteiger partial charge on any atom is -0.406 e. The number of hydrogen-bond donors (Lipinski definition) is 2. The second-order valence-corrected chi connectivity index (χ2v) is 10.4. The van der Waals surface area contributed by atoms with Crippen LogP contribution < -0.4 is 15.0 Å². The Morgan fingerprint density at radius 1 is 1.10 bits per heavy atom. The van der Waals surface area contributed by atoms with E-state index >= 15 is 0 Å². The number of piperidine rings is 2. The van der Waals surface area contributed by atoms with Crippen LogP contribution in [0.5, 0.6) is 5.75 Å². The Morgan fingerprint density at radius 3 is 2.33 bits per heavy atom. The summed E-state index contributed by atoms with van der Waals surface area (Å²) in [6.45, 7) is 2.68. The maximum absolute atomic E-state index is 12.8. The molecule has 2 fully saturated rings. The Morgan fingerprint density at radius 2 is 1.74 bits per heavy atom. The highest BCUT2D eigenvalue weighted by molar-refractivity contribution is 6.32. The van der Waals surface area contributed by atoms with Gasteiger partial charge in [-0.05, 0) is 73.8 Å². The van der Waals surface area contributed by atoms with Gasteiger partial charge in [-0.25, -0.2) is 4.98 Å². The first-order valence-electron chi connectivity index (χ1n) is 13.0. The summed E-state index contributed by atoms with van der Waals surface area (Å²) in [4.78, 5) is 32.8. The molecule has 12 heteroatoms. The highest BCUT2D eigenvalue weighted by atomic mass is 35.5. The van der Waals surface area contributed by atoms with Crippen molar-refractivity contribution in [2.24, 2.45) is 11.8 Å². The van der Waals surface area contributed by atoms with Gasteiger partial charge in [-0.1, -0.05) is 23.7 Å². The molecule has 212 valence electrons. The number of anilines is 1. The van der Waals surface area contributed by atoms with Crippen molar-refractivity contribution in [3.05, 3.63) is 52.7 Å². The zero-order valence-corrected chi connectivity index (χ0v) is 22.3. The molecule has 0 bridgehead atoms. The third-order valence-electron chi connectivity index (χ3n) is 7.48. The molecule has 1 unspecified atom stereocenters. The number of halogens is 4. The molecule has 39 heavy (non-hydrogen) atoms. The summed E-state index contributed by atoms with van der Waals surface area (Å²) in [6, 6.07) is 8.39. The lowest BCUT2D eigenvalue weighted by Crippen LogP contribution is -2.42. The van der Waals surface area contributed by atoms with Crippen molar-refractivity contribution in [1.82, 2.24) is 15.2 Å². The summed E-state index contributed by atoms with van der Waals surface area (Å²) in [7, 11) is 1.54. The average molecular weight is 569 g/mol. The first-order valence-corrected chi connectivity index (χ1v) is 13.4. The second kappa shape index (κ2) is 12.4. The van der Waals surface area contributed by atoms with Crippen molar-refractivity contribution >= 4 is 29.2 Å². The number of pyridine rings is 1. The van der Waals surface area contributed by atoms with Gasteiger partial charge in [0.15, 0.2) is 6.10 Å². The minimum absolute atomic E-state index is 0.0645. The molecule has 3 heterocycles. The van der Waals surface area contributed by atoms with Gasteiger partial charge in [0.05, 0.1) is 5.56 Å². The largest absolute Gasteiger partial charge is 0.573 e. The van der Waals surface area contributed by atoms with Crippen molar-refractivity contribution in [2.75, 3.05) is 38.1 Å². The average Bonchev–Trinajstić information content (AvgIpc) is 2.92. The van der Waals surface area contributed by atoms with Gasteiger partial charge >= 0.3 is 6.36 Å². The molecule has 0 spiro atoms. The van der Waals surface area contributed by atoms with E-state index < -0.39 is 24.1 Å². The quantitative estimate of drug-likeness (QED) is 0.475. The lowest BCUT2D eigenvalue weighted by atomic mass is 9.82. The number of nitrogens with one attached hydrogen (secondary N) is 1. The smallest absolute Gasteiger partial charge is 0.406 e. The lowest BCUT2D eigenvalue weighted by molar-refractivity contribution is -0.274. The number of aromatic nitrogens is 1. The topological polar surface area (TPSA) is 95.0 Å². The van der Waals surface area contributed by atoms with Crippen LogP contribution in [-0.2, 0) is 4.79 Å². The van der Waals surface area contributed by atoms with Gasteiger partial charge in [0.1, 0.15) is 16.7 Å². The fourth-order valence-corrected chi connectivity index (χ4v) is 5.60. The third kappa shape index (κ3) is 7.54. The highest BCUT2D eigenvalue weighted by Crippen LogP contribution is 2.33. The normalized spacial score (nSPS) is 18.1. The van der Waals surface area contributed by atoms with E-state index in [2.05, 4.69) is 19.9 Å². The van der Waals surface area contributed by atoms with Crippen molar-refractivity contribution in [3.63, 3.8) is 0 Å². The molecule has 2 aromatic rings. The van der Waals surface area contributed by atoms with Gasteiger partial charge in [-0.2, -0.15) is 0 Å². The summed E-state index contributed by atoms with van der Waals surface area (Å²) in [6.07, 6.45) is -1.71.